The molecule has 0 aromatic carbocycles. The highest BCUT2D eigenvalue weighted by Gasteiger charge is 2.12. The van der Waals surface area contributed by atoms with E-state index in [0.717, 1.165) is 10.6 Å². The molecule has 3 rings (SSSR count). The van der Waals surface area contributed by atoms with Crippen LogP contribution in [0.1, 0.15) is 21.9 Å². The lowest BCUT2D eigenvalue weighted by molar-refractivity contribution is 0.0949. The Morgan fingerprint density at radius 1 is 1.50 bits per heavy atom. The Hall–Kier alpha value is -2.41. The molecule has 0 fully saturated rings. The van der Waals surface area contributed by atoms with Crippen LogP contribution in [0.25, 0.3) is 10.8 Å². The van der Waals surface area contributed by atoms with Crippen LogP contribution < -0.4 is 5.32 Å². The third-order valence-corrected chi connectivity index (χ3v) is 3.66. The number of carbonyl (C=O) groups is 1. The zero-order chi connectivity index (χ0) is 13.9. The van der Waals surface area contributed by atoms with Gasteiger partial charge in [-0.15, -0.1) is 11.3 Å². The van der Waals surface area contributed by atoms with Crippen molar-refractivity contribution in [2.24, 2.45) is 0 Å². The summed E-state index contributed by atoms with van der Waals surface area (Å²) in [6.07, 6.45) is 1.73. The average molecular weight is 288 g/mol. The Morgan fingerprint density at radius 3 is 3.10 bits per heavy atom. The number of amides is 1. The molecule has 3 aromatic heterocycles. The van der Waals surface area contributed by atoms with Gasteiger partial charge < -0.3 is 14.8 Å². The summed E-state index contributed by atoms with van der Waals surface area (Å²) >= 11 is 1.53. The number of nitrogens with one attached hydrogen (secondary N) is 2. The molecule has 0 spiro atoms. The van der Waals surface area contributed by atoms with Gasteiger partial charge in [0.2, 0.25) is 0 Å². The average Bonchev–Trinajstić information content (AvgIpc) is 3.16. The smallest absolute Gasteiger partial charge is 0.268 e. The normalized spacial score (nSPS) is 10.7. The van der Waals surface area contributed by atoms with Crippen LogP contribution in [0.2, 0.25) is 0 Å². The van der Waals surface area contributed by atoms with Crippen LogP contribution in [0, 0.1) is 6.92 Å². The fourth-order valence-electron chi connectivity index (χ4n) is 1.78. The third kappa shape index (κ3) is 2.48. The Morgan fingerprint density at radius 2 is 2.40 bits per heavy atom. The largest absolute Gasteiger partial charge is 0.365 e. The Bertz CT molecular complexity index is 714. The van der Waals surface area contributed by atoms with Crippen LogP contribution >= 0.6 is 11.3 Å². The van der Waals surface area contributed by atoms with Crippen molar-refractivity contribution in [3.8, 4) is 10.8 Å². The summed E-state index contributed by atoms with van der Waals surface area (Å²) in [4.78, 5) is 20.0. The number of hydrogen-bond donors (Lipinski definition) is 2. The zero-order valence-electron chi connectivity index (χ0n) is 10.7. The van der Waals surface area contributed by atoms with E-state index < -0.39 is 0 Å². The van der Waals surface area contributed by atoms with E-state index in [-0.39, 0.29) is 12.5 Å². The van der Waals surface area contributed by atoms with Gasteiger partial charge in [0.05, 0.1) is 17.0 Å². The summed E-state index contributed by atoms with van der Waals surface area (Å²) in [5, 5.41) is 8.55. The molecular formula is C13H12N4O2S. The molecule has 102 valence electrons. The molecule has 3 heterocycles. The second kappa shape index (κ2) is 5.30. The lowest BCUT2D eigenvalue weighted by atomic mass is 10.2. The number of rotatable bonds is 4. The number of aromatic amines is 1. The van der Waals surface area contributed by atoms with Gasteiger partial charge in [0.1, 0.15) is 0 Å². The van der Waals surface area contributed by atoms with Crippen LogP contribution in [0.5, 0.6) is 0 Å². The van der Waals surface area contributed by atoms with Gasteiger partial charge in [-0.05, 0) is 24.4 Å². The topological polar surface area (TPSA) is 83.8 Å². The summed E-state index contributed by atoms with van der Waals surface area (Å²) in [7, 11) is 0. The van der Waals surface area contributed by atoms with Crippen molar-refractivity contribution < 1.29 is 9.32 Å². The molecule has 3 aromatic rings. The van der Waals surface area contributed by atoms with E-state index >= 15 is 0 Å². The number of aromatic nitrogens is 3. The minimum absolute atomic E-state index is 0.161. The van der Waals surface area contributed by atoms with E-state index in [1.54, 1.807) is 12.3 Å². The Kier molecular flexibility index (Phi) is 3.34. The van der Waals surface area contributed by atoms with Crippen molar-refractivity contribution in [2.75, 3.05) is 0 Å². The first-order valence-electron chi connectivity index (χ1n) is 6.02. The van der Waals surface area contributed by atoms with Crippen molar-refractivity contribution in [1.82, 2.24) is 20.4 Å². The molecule has 0 aliphatic carbocycles. The lowest BCUT2D eigenvalue weighted by Crippen LogP contribution is -2.23. The van der Waals surface area contributed by atoms with E-state index in [1.807, 2.05) is 24.4 Å². The fraction of sp³-hybridized carbons (Fsp3) is 0.154. The van der Waals surface area contributed by atoms with E-state index in [0.29, 0.717) is 17.3 Å². The van der Waals surface area contributed by atoms with Crippen LogP contribution in [0.15, 0.2) is 34.3 Å². The quantitative estimate of drug-likeness (QED) is 0.772. The number of nitrogens with zero attached hydrogens (tertiary/aromatic N) is 2. The zero-order valence-corrected chi connectivity index (χ0v) is 11.5. The van der Waals surface area contributed by atoms with Gasteiger partial charge in [-0.2, -0.15) is 4.98 Å². The van der Waals surface area contributed by atoms with E-state index in [4.69, 9.17) is 4.52 Å². The predicted molar refractivity (Wildman–Crippen MR) is 74.3 cm³/mol. The van der Waals surface area contributed by atoms with Crippen molar-refractivity contribution in [3.63, 3.8) is 0 Å². The molecular weight excluding hydrogens is 276 g/mol. The maximum atomic E-state index is 11.9. The number of aryl methyl sites for hydroxylation is 1. The van der Waals surface area contributed by atoms with E-state index in [1.165, 1.54) is 11.3 Å². The van der Waals surface area contributed by atoms with Crippen molar-refractivity contribution in [1.29, 1.82) is 0 Å². The Labute approximate surface area is 118 Å². The van der Waals surface area contributed by atoms with Gasteiger partial charge in [-0.1, -0.05) is 11.2 Å². The summed E-state index contributed by atoms with van der Waals surface area (Å²) in [5.74, 6) is 0.767. The first kappa shape index (κ1) is 12.6. The molecule has 20 heavy (non-hydrogen) atoms. The van der Waals surface area contributed by atoms with Gasteiger partial charge in [0, 0.05) is 11.9 Å². The van der Waals surface area contributed by atoms with Crippen LogP contribution in [-0.4, -0.2) is 21.0 Å². The maximum absolute atomic E-state index is 11.9. The monoisotopic (exact) mass is 288 g/mol. The molecule has 0 atom stereocenters. The molecule has 6 nitrogen and oxygen atoms in total. The number of carbonyl (C=O) groups excluding carboxylic acids is 1. The molecule has 0 saturated carbocycles. The highest BCUT2D eigenvalue weighted by molar-refractivity contribution is 7.13. The second-order valence-corrected chi connectivity index (χ2v) is 5.14. The first-order valence-corrected chi connectivity index (χ1v) is 6.90. The van der Waals surface area contributed by atoms with Gasteiger partial charge >= 0.3 is 0 Å². The summed E-state index contributed by atoms with van der Waals surface area (Å²) in [6.45, 7) is 2.08. The van der Waals surface area contributed by atoms with Crippen molar-refractivity contribution in [2.45, 2.75) is 13.5 Å². The highest BCUT2D eigenvalue weighted by atomic mass is 32.1. The van der Waals surface area contributed by atoms with Crippen LogP contribution in [-0.2, 0) is 6.54 Å². The summed E-state index contributed by atoms with van der Waals surface area (Å²) in [5.41, 5.74) is 1.45. The fourth-order valence-corrected chi connectivity index (χ4v) is 2.42. The van der Waals surface area contributed by atoms with E-state index in [2.05, 4.69) is 20.4 Å². The van der Waals surface area contributed by atoms with Crippen molar-refractivity contribution in [3.05, 3.63) is 46.9 Å². The minimum Gasteiger partial charge on any atom is -0.365 e. The standard InChI is InChI=1S/C13H12N4O2S/c1-8-9(4-5-14-8)12(18)15-7-11-16-13(19-17-11)10-3-2-6-20-10/h2-6,14H,7H2,1H3,(H,15,18). The molecule has 0 radical (unpaired) electrons. The number of H-pyrrole nitrogens is 1. The molecule has 2 N–H and O–H groups in total. The molecule has 0 unspecified atom stereocenters. The number of thiophene rings is 1. The first-order chi connectivity index (χ1) is 9.74. The maximum Gasteiger partial charge on any atom is 0.268 e. The van der Waals surface area contributed by atoms with Gasteiger partial charge in [0.15, 0.2) is 5.82 Å². The van der Waals surface area contributed by atoms with E-state index in [9.17, 15) is 4.79 Å². The summed E-state index contributed by atoms with van der Waals surface area (Å²) < 4.78 is 5.15. The Balaban J connectivity index is 1.65. The van der Waals surface area contributed by atoms with Gasteiger partial charge in [0.25, 0.3) is 11.8 Å². The third-order valence-electron chi connectivity index (χ3n) is 2.81. The summed E-state index contributed by atoms with van der Waals surface area (Å²) in [6, 6.07) is 5.56. The molecule has 7 heteroatoms. The second-order valence-electron chi connectivity index (χ2n) is 4.19. The molecule has 0 bridgehead atoms. The minimum atomic E-state index is -0.161. The van der Waals surface area contributed by atoms with Crippen LogP contribution in [0.3, 0.4) is 0 Å². The van der Waals surface area contributed by atoms with Gasteiger partial charge in [-0.3, -0.25) is 4.79 Å². The predicted octanol–water partition coefficient (Wildman–Crippen LogP) is 2.36. The number of hydrogen-bond acceptors (Lipinski definition) is 5. The van der Waals surface area contributed by atoms with Gasteiger partial charge in [-0.25, -0.2) is 0 Å². The molecule has 0 aliphatic heterocycles. The van der Waals surface area contributed by atoms with Crippen LogP contribution in [0.4, 0.5) is 0 Å². The molecule has 0 aliphatic rings. The highest BCUT2D eigenvalue weighted by Crippen LogP contribution is 2.22. The molecule has 0 saturated heterocycles. The molecule has 1 amide bonds. The lowest BCUT2D eigenvalue weighted by Gasteiger charge is -2.00. The SMILES string of the molecule is Cc1[nH]ccc1C(=O)NCc1noc(-c2cccs2)n1. The van der Waals surface area contributed by atoms with Crippen molar-refractivity contribution >= 4 is 17.2 Å².